The molecule has 0 saturated heterocycles. The number of nitrogens with two attached hydrogens (primary N) is 1. The molecule has 0 saturated carbocycles. The van der Waals surface area contributed by atoms with Crippen molar-refractivity contribution in [3.63, 3.8) is 0 Å². The molecule has 0 radical (unpaired) electrons. The van der Waals surface area contributed by atoms with Crippen molar-refractivity contribution in [1.29, 1.82) is 0 Å². The molecule has 0 amide bonds. The van der Waals surface area contributed by atoms with Crippen molar-refractivity contribution < 1.29 is 4.74 Å². The fourth-order valence-electron chi connectivity index (χ4n) is 1.78. The number of rotatable bonds is 6. The van der Waals surface area contributed by atoms with Gasteiger partial charge in [0.2, 0.25) is 0 Å². The zero-order valence-corrected chi connectivity index (χ0v) is 10.4. The van der Waals surface area contributed by atoms with Crippen molar-refractivity contribution in [2.75, 3.05) is 32.1 Å². The first-order valence-electron chi connectivity index (χ1n) is 5.68. The molecule has 0 aliphatic rings. The molecular formula is C13H22N2O. The van der Waals surface area contributed by atoms with Gasteiger partial charge in [0.15, 0.2) is 0 Å². The van der Waals surface area contributed by atoms with E-state index in [2.05, 4.69) is 43.1 Å². The number of methoxy groups -OCH3 is 1. The summed E-state index contributed by atoms with van der Waals surface area (Å²) in [6, 6.07) is 8.39. The van der Waals surface area contributed by atoms with Crippen LogP contribution in [0.1, 0.15) is 12.0 Å². The van der Waals surface area contributed by atoms with Gasteiger partial charge in [0, 0.05) is 32.9 Å². The van der Waals surface area contributed by atoms with Crippen LogP contribution in [0.4, 0.5) is 5.69 Å². The minimum atomic E-state index is 0.159. The van der Waals surface area contributed by atoms with Crippen molar-refractivity contribution >= 4 is 5.69 Å². The first-order valence-corrected chi connectivity index (χ1v) is 5.68. The Morgan fingerprint density at radius 1 is 1.38 bits per heavy atom. The number of hydrogen-bond donors (Lipinski definition) is 1. The molecule has 16 heavy (non-hydrogen) atoms. The van der Waals surface area contributed by atoms with E-state index in [1.165, 1.54) is 11.3 Å². The summed E-state index contributed by atoms with van der Waals surface area (Å²) in [5, 5.41) is 0. The predicted octanol–water partition coefficient (Wildman–Crippen LogP) is 1.80. The summed E-state index contributed by atoms with van der Waals surface area (Å²) in [5.74, 6) is 0. The normalized spacial score (nSPS) is 12.5. The van der Waals surface area contributed by atoms with Crippen molar-refractivity contribution in [3.8, 4) is 0 Å². The highest BCUT2D eigenvalue weighted by atomic mass is 16.5. The van der Waals surface area contributed by atoms with Crippen LogP contribution in [-0.4, -0.2) is 33.4 Å². The summed E-state index contributed by atoms with van der Waals surface area (Å²) in [4.78, 5) is 2.25. The largest absolute Gasteiger partial charge is 0.380 e. The summed E-state index contributed by atoms with van der Waals surface area (Å²) in [6.45, 7) is 3.67. The number of ether oxygens (including phenoxy) is 1. The highest BCUT2D eigenvalue weighted by Gasteiger charge is 2.08. The molecule has 0 aromatic heterocycles. The van der Waals surface area contributed by atoms with Gasteiger partial charge in [-0.15, -0.1) is 0 Å². The number of hydrogen-bond acceptors (Lipinski definition) is 3. The molecular weight excluding hydrogens is 200 g/mol. The maximum atomic E-state index is 5.59. The highest BCUT2D eigenvalue weighted by molar-refractivity contribution is 5.52. The van der Waals surface area contributed by atoms with Crippen LogP contribution in [0, 0.1) is 6.92 Å². The predicted molar refractivity (Wildman–Crippen MR) is 68.9 cm³/mol. The van der Waals surface area contributed by atoms with Crippen LogP contribution >= 0.6 is 0 Å². The monoisotopic (exact) mass is 222 g/mol. The molecule has 3 nitrogen and oxygen atoms in total. The van der Waals surface area contributed by atoms with Crippen molar-refractivity contribution in [2.45, 2.75) is 19.4 Å². The minimum Gasteiger partial charge on any atom is -0.380 e. The molecule has 1 aromatic carbocycles. The van der Waals surface area contributed by atoms with E-state index in [0.717, 1.165) is 13.0 Å². The molecule has 0 aliphatic carbocycles. The van der Waals surface area contributed by atoms with E-state index in [1.54, 1.807) is 7.11 Å². The van der Waals surface area contributed by atoms with E-state index < -0.39 is 0 Å². The average molecular weight is 222 g/mol. The Hall–Kier alpha value is -1.06. The summed E-state index contributed by atoms with van der Waals surface area (Å²) >= 11 is 0. The second kappa shape index (κ2) is 6.51. The van der Waals surface area contributed by atoms with E-state index in [1.807, 2.05) is 0 Å². The van der Waals surface area contributed by atoms with Crippen molar-refractivity contribution in [2.24, 2.45) is 5.73 Å². The lowest BCUT2D eigenvalue weighted by atomic mass is 10.1. The van der Waals surface area contributed by atoms with Crippen LogP contribution in [0.3, 0.4) is 0 Å². The second-order valence-corrected chi connectivity index (χ2v) is 4.09. The first-order chi connectivity index (χ1) is 7.69. The Morgan fingerprint density at radius 2 is 2.06 bits per heavy atom. The molecule has 1 aromatic rings. The standard InChI is InChI=1S/C13H22N2O/c1-11-6-4-5-7-13(11)15(2)9-8-12(10-14)16-3/h4-7,12H,8-10,14H2,1-3H3. The summed E-state index contributed by atoms with van der Waals surface area (Å²) in [5.41, 5.74) is 8.17. The lowest BCUT2D eigenvalue weighted by Gasteiger charge is -2.23. The molecule has 90 valence electrons. The van der Waals surface area contributed by atoms with E-state index >= 15 is 0 Å². The fourth-order valence-corrected chi connectivity index (χ4v) is 1.78. The van der Waals surface area contributed by atoms with Crippen LogP contribution < -0.4 is 10.6 Å². The lowest BCUT2D eigenvalue weighted by molar-refractivity contribution is 0.104. The van der Waals surface area contributed by atoms with Crippen molar-refractivity contribution in [3.05, 3.63) is 29.8 Å². The smallest absolute Gasteiger partial charge is 0.0710 e. The summed E-state index contributed by atoms with van der Waals surface area (Å²) in [6.07, 6.45) is 1.11. The maximum absolute atomic E-state index is 5.59. The zero-order valence-electron chi connectivity index (χ0n) is 10.4. The Balaban J connectivity index is 2.52. The Kier molecular flexibility index (Phi) is 5.29. The van der Waals surface area contributed by atoms with Gasteiger partial charge < -0.3 is 15.4 Å². The molecule has 0 bridgehead atoms. The number of aryl methyl sites for hydroxylation is 1. The van der Waals surface area contributed by atoms with E-state index in [-0.39, 0.29) is 6.10 Å². The Morgan fingerprint density at radius 3 is 2.62 bits per heavy atom. The number of anilines is 1. The van der Waals surface area contributed by atoms with Crippen LogP contribution in [-0.2, 0) is 4.74 Å². The topological polar surface area (TPSA) is 38.5 Å². The van der Waals surface area contributed by atoms with Crippen LogP contribution in [0.5, 0.6) is 0 Å². The third-order valence-corrected chi connectivity index (χ3v) is 2.91. The average Bonchev–Trinajstić information content (AvgIpc) is 2.30. The van der Waals surface area contributed by atoms with Gasteiger partial charge in [-0.25, -0.2) is 0 Å². The van der Waals surface area contributed by atoms with Gasteiger partial charge in [-0.05, 0) is 25.0 Å². The molecule has 3 heteroatoms. The van der Waals surface area contributed by atoms with Crippen molar-refractivity contribution in [1.82, 2.24) is 0 Å². The van der Waals surface area contributed by atoms with Gasteiger partial charge in [0.05, 0.1) is 6.10 Å². The molecule has 0 heterocycles. The Bertz CT molecular complexity index is 311. The molecule has 1 unspecified atom stereocenters. The molecule has 1 rings (SSSR count). The third-order valence-electron chi connectivity index (χ3n) is 2.91. The third kappa shape index (κ3) is 3.51. The Labute approximate surface area is 98.2 Å². The number of para-hydroxylation sites is 1. The molecule has 2 N–H and O–H groups in total. The SMILES string of the molecule is COC(CN)CCN(C)c1ccccc1C. The summed E-state index contributed by atoms with van der Waals surface area (Å²) < 4.78 is 5.26. The number of benzene rings is 1. The molecule has 0 spiro atoms. The molecule has 1 atom stereocenters. The fraction of sp³-hybridized carbons (Fsp3) is 0.538. The van der Waals surface area contributed by atoms with Crippen LogP contribution in [0.25, 0.3) is 0 Å². The van der Waals surface area contributed by atoms with E-state index in [4.69, 9.17) is 10.5 Å². The molecule has 0 aliphatic heterocycles. The maximum Gasteiger partial charge on any atom is 0.0710 e. The molecule has 0 fully saturated rings. The van der Waals surface area contributed by atoms with Gasteiger partial charge in [0.1, 0.15) is 0 Å². The minimum absolute atomic E-state index is 0.159. The van der Waals surface area contributed by atoms with Gasteiger partial charge in [-0.2, -0.15) is 0 Å². The number of nitrogens with zero attached hydrogens (tertiary/aromatic N) is 1. The first kappa shape index (κ1) is 13.0. The summed E-state index contributed by atoms with van der Waals surface area (Å²) in [7, 11) is 3.82. The quantitative estimate of drug-likeness (QED) is 0.797. The van der Waals surface area contributed by atoms with Gasteiger partial charge in [-0.3, -0.25) is 0 Å². The van der Waals surface area contributed by atoms with Gasteiger partial charge in [0.25, 0.3) is 0 Å². The van der Waals surface area contributed by atoms with Crippen LogP contribution in [0.2, 0.25) is 0 Å². The second-order valence-electron chi connectivity index (χ2n) is 4.09. The lowest BCUT2D eigenvalue weighted by Crippen LogP contribution is -2.29. The van der Waals surface area contributed by atoms with Crippen LogP contribution in [0.15, 0.2) is 24.3 Å². The highest BCUT2D eigenvalue weighted by Crippen LogP contribution is 2.18. The van der Waals surface area contributed by atoms with Gasteiger partial charge >= 0.3 is 0 Å². The van der Waals surface area contributed by atoms with Gasteiger partial charge in [-0.1, -0.05) is 18.2 Å². The zero-order chi connectivity index (χ0) is 12.0. The van der Waals surface area contributed by atoms with E-state index in [9.17, 15) is 0 Å². The van der Waals surface area contributed by atoms with E-state index in [0.29, 0.717) is 6.54 Å².